The number of ether oxygens (including phenoxy) is 1. The van der Waals surface area contributed by atoms with Crippen LogP contribution in [0.4, 0.5) is 0 Å². The highest BCUT2D eigenvalue weighted by atomic mass is 16.5. The van der Waals surface area contributed by atoms with Crippen molar-refractivity contribution in [2.45, 2.75) is 6.10 Å². The minimum absolute atomic E-state index is 0.0925. The lowest BCUT2D eigenvalue weighted by atomic mass is 10.1. The molecule has 0 saturated carbocycles. The van der Waals surface area contributed by atoms with Crippen molar-refractivity contribution in [2.24, 2.45) is 0 Å². The zero-order chi connectivity index (χ0) is 19.4. The quantitative estimate of drug-likeness (QED) is 0.319. The molecule has 1 rings (SSSR count). The van der Waals surface area contributed by atoms with E-state index in [0.717, 1.165) is 0 Å². The van der Waals surface area contributed by atoms with Crippen molar-refractivity contribution >= 4 is 23.9 Å². The summed E-state index contributed by atoms with van der Waals surface area (Å²) in [6.07, 6.45) is -0.0547. The van der Waals surface area contributed by atoms with Crippen LogP contribution in [0.5, 0.6) is 0 Å². The van der Waals surface area contributed by atoms with Crippen molar-refractivity contribution in [1.82, 2.24) is 0 Å². The Morgan fingerprint density at radius 2 is 1.44 bits per heavy atom. The Kier molecular flexibility index (Phi) is 9.85. The van der Waals surface area contributed by atoms with Gasteiger partial charge in [-0.25, -0.2) is 19.2 Å². The Balaban J connectivity index is 0.000000609. The van der Waals surface area contributed by atoms with Gasteiger partial charge in [-0.3, -0.25) is 0 Å². The second kappa shape index (κ2) is 11.3. The molecule has 1 unspecified atom stereocenters. The number of aromatic carboxylic acids is 1. The second-order valence-electron chi connectivity index (χ2n) is 4.30. The average Bonchev–Trinajstić information content (AvgIpc) is 2.57. The highest BCUT2D eigenvalue weighted by Gasteiger charge is 2.17. The summed E-state index contributed by atoms with van der Waals surface area (Å²) in [6.45, 7) is -0.919. The molecule has 1 aromatic rings. The van der Waals surface area contributed by atoms with Gasteiger partial charge in [0.05, 0.1) is 17.7 Å². The number of carbonyl (C=O) groups is 4. The first-order valence-electron chi connectivity index (χ1n) is 6.61. The predicted molar refractivity (Wildman–Crippen MR) is 81.2 cm³/mol. The lowest BCUT2D eigenvalue weighted by Gasteiger charge is -2.09. The third kappa shape index (κ3) is 9.48. The van der Waals surface area contributed by atoms with E-state index < -0.39 is 36.6 Å². The molecule has 1 aromatic carbocycles. The SMILES string of the molecule is O=C(O)C=CC(=O)O.O=C(O)c1ccccc1C(=O)OCC(O)CO. The largest absolute Gasteiger partial charge is 0.478 e. The van der Waals surface area contributed by atoms with Crippen LogP contribution in [-0.2, 0) is 14.3 Å². The molecule has 10 nitrogen and oxygen atoms in total. The summed E-state index contributed by atoms with van der Waals surface area (Å²) in [5, 5.41) is 42.0. The van der Waals surface area contributed by atoms with Crippen LogP contribution in [0.25, 0.3) is 0 Å². The fourth-order valence-corrected chi connectivity index (χ4v) is 1.29. The fraction of sp³-hybridized carbons (Fsp3) is 0.200. The van der Waals surface area contributed by atoms with Crippen molar-refractivity contribution in [3.05, 3.63) is 47.5 Å². The Hall–Kier alpha value is -3.24. The summed E-state index contributed by atoms with van der Waals surface area (Å²) in [5.41, 5.74) is -0.263. The van der Waals surface area contributed by atoms with Crippen molar-refractivity contribution in [3.63, 3.8) is 0 Å². The van der Waals surface area contributed by atoms with Crippen LogP contribution in [0.15, 0.2) is 36.4 Å². The summed E-state index contributed by atoms with van der Waals surface area (Å²) in [4.78, 5) is 41.4. The van der Waals surface area contributed by atoms with E-state index in [2.05, 4.69) is 4.74 Å². The van der Waals surface area contributed by atoms with Gasteiger partial charge < -0.3 is 30.3 Å². The first-order valence-corrected chi connectivity index (χ1v) is 6.61. The van der Waals surface area contributed by atoms with Crippen molar-refractivity contribution in [3.8, 4) is 0 Å². The number of carboxylic acids is 3. The minimum atomic E-state index is -1.26. The normalized spacial score (nSPS) is 11.1. The number of carboxylic acid groups (broad SMARTS) is 3. The van der Waals surface area contributed by atoms with E-state index in [1.165, 1.54) is 24.3 Å². The van der Waals surface area contributed by atoms with E-state index in [1.807, 2.05) is 0 Å². The van der Waals surface area contributed by atoms with Crippen LogP contribution >= 0.6 is 0 Å². The summed E-state index contributed by atoms with van der Waals surface area (Å²) in [5.74, 6) is -4.60. The molecule has 0 spiro atoms. The molecule has 0 radical (unpaired) electrons. The van der Waals surface area contributed by atoms with Crippen molar-refractivity contribution in [1.29, 1.82) is 0 Å². The zero-order valence-corrected chi connectivity index (χ0v) is 12.7. The lowest BCUT2D eigenvalue weighted by molar-refractivity contribution is -0.134. The molecule has 0 amide bonds. The summed E-state index contributed by atoms with van der Waals surface area (Å²) < 4.78 is 4.66. The molecule has 0 aliphatic carbocycles. The smallest absolute Gasteiger partial charge is 0.339 e. The summed E-state index contributed by atoms with van der Waals surface area (Å²) in [6, 6.07) is 5.59. The van der Waals surface area contributed by atoms with E-state index in [9.17, 15) is 19.2 Å². The molecule has 0 heterocycles. The molecule has 5 N–H and O–H groups in total. The van der Waals surface area contributed by atoms with Crippen LogP contribution in [0, 0.1) is 0 Å². The third-order valence-electron chi connectivity index (χ3n) is 2.36. The number of carbonyl (C=O) groups excluding carboxylic acids is 1. The standard InChI is InChI=1S/C11H12O6.C4H4O4/c12-5-7(13)6-17-11(16)9-4-2-1-3-8(9)10(14)15;5-3(6)1-2-4(7)8/h1-4,7,12-13H,5-6H2,(H,14,15);1-2H,(H,5,6)(H,7,8). The van der Waals surface area contributed by atoms with Crippen LogP contribution in [0.2, 0.25) is 0 Å². The highest BCUT2D eigenvalue weighted by Crippen LogP contribution is 2.10. The van der Waals surface area contributed by atoms with Gasteiger partial charge in [-0.15, -0.1) is 0 Å². The maximum absolute atomic E-state index is 11.5. The Morgan fingerprint density at radius 3 is 1.84 bits per heavy atom. The number of rotatable bonds is 7. The molecule has 25 heavy (non-hydrogen) atoms. The molecule has 0 saturated heterocycles. The number of aliphatic hydroxyl groups excluding tert-OH is 2. The van der Waals surface area contributed by atoms with Crippen LogP contribution in [0.3, 0.4) is 0 Å². The first-order chi connectivity index (χ1) is 11.7. The minimum Gasteiger partial charge on any atom is -0.478 e. The Labute approximate surface area is 141 Å². The summed E-state index contributed by atoms with van der Waals surface area (Å²) >= 11 is 0. The van der Waals surface area contributed by atoms with E-state index in [4.69, 9.17) is 25.5 Å². The molecule has 1 atom stereocenters. The molecule has 0 aliphatic heterocycles. The van der Waals surface area contributed by atoms with E-state index in [0.29, 0.717) is 12.2 Å². The van der Waals surface area contributed by atoms with Gasteiger partial charge in [0.1, 0.15) is 12.7 Å². The zero-order valence-electron chi connectivity index (χ0n) is 12.7. The maximum atomic E-state index is 11.5. The first kappa shape index (κ1) is 21.8. The van der Waals surface area contributed by atoms with Crippen molar-refractivity contribution in [2.75, 3.05) is 13.2 Å². The molecule has 0 fully saturated rings. The summed E-state index contributed by atoms with van der Waals surface area (Å²) in [7, 11) is 0. The van der Waals surface area contributed by atoms with E-state index in [1.54, 1.807) is 0 Å². The van der Waals surface area contributed by atoms with Gasteiger partial charge in [0.15, 0.2) is 0 Å². The predicted octanol–water partition coefficient (Wildman–Crippen LogP) is -0.393. The Morgan fingerprint density at radius 1 is 0.960 bits per heavy atom. The number of hydrogen-bond donors (Lipinski definition) is 5. The topological polar surface area (TPSA) is 179 Å². The molecule has 10 heteroatoms. The van der Waals surface area contributed by atoms with Gasteiger partial charge in [-0.2, -0.15) is 0 Å². The molecule has 0 aromatic heterocycles. The van der Waals surface area contributed by atoms with Gasteiger partial charge in [0.2, 0.25) is 0 Å². The second-order valence-corrected chi connectivity index (χ2v) is 4.30. The number of benzene rings is 1. The Bertz CT molecular complexity index is 633. The van der Waals surface area contributed by atoms with Crippen LogP contribution in [-0.4, -0.2) is 68.7 Å². The van der Waals surface area contributed by atoms with Gasteiger partial charge in [-0.1, -0.05) is 12.1 Å². The van der Waals surface area contributed by atoms with Crippen LogP contribution < -0.4 is 0 Å². The van der Waals surface area contributed by atoms with Crippen LogP contribution in [0.1, 0.15) is 20.7 Å². The molecule has 0 bridgehead atoms. The molecular formula is C15H16O10. The number of aliphatic hydroxyl groups is 2. The molecule has 0 aliphatic rings. The average molecular weight is 356 g/mol. The molecule has 136 valence electrons. The van der Waals surface area contributed by atoms with E-state index >= 15 is 0 Å². The van der Waals surface area contributed by atoms with Crippen molar-refractivity contribution < 1.29 is 49.4 Å². The van der Waals surface area contributed by atoms with E-state index in [-0.39, 0.29) is 17.7 Å². The van der Waals surface area contributed by atoms with Gasteiger partial charge in [0, 0.05) is 12.2 Å². The third-order valence-corrected chi connectivity index (χ3v) is 2.36. The monoisotopic (exact) mass is 356 g/mol. The maximum Gasteiger partial charge on any atom is 0.339 e. The highest BCUT2D eigenvalue weighted by molar-refractivity contribution is 6.02. The van der Waals surface area contributed by atoms with Gasteiger partial charge in [-0.05, 0) is 12.1 Å². The lowest BCUT2D eigenvalue weighted by Crippen LogP contribution is -2.22. The van der Waals surface area contributed by atoms with Gasteiger partial charge in [0.25, 0.3) is 0 Å². The number of hydrogen-bond acceptors (Lipinski definition) is 7. The number of esters is 1. The fourth-order valence-electron chi connectivity index (χ4n) is 1.29. The molecular weight excluding hydrogens is 340 g/mol. The number of aliphatic carboxylic acids is 2. The van der Waals surface area contributed by atoms with Gasteiger partial charge >= 0.3 is 23.9 Å².